The van der Waals surface area contributed by atoms with Crippen molar-refractivity contribution in [3.63, 3.8) is 0 Å². The van der Waals surface area contributed by atoms with Crippen LogP contribution in [0.25, 0.3) is 0 Å². The van der Waals surface area contributed by atoms with E-state index in [-0.39, 0.29) is 17.7 Å². The molecule has 0 radical (unpaired) electrons. The Labute approximate surface area is 174 Å². The Hall–Kier alpha value is -2.47. The molecule has 5 nitrogen and oxygen atoms in total. The van der Waals surface area contributed by atoms with Gasteiger partial charge in [-0.25, -0.2) is 0 Å². The Morgan fingerprint density at radius 1 is 1.28 bits per heavy atom. The Balaban J connectivity index is 1.77. The van der Waals surface area contributed by atoms with Crippen LogP contribution in [0.1, 0.15) is 61.3 Å². The van der Waals surface area contributed by atoms with Gasteiger partial charge in [-0.2, -0.15) is 0 Å². The van der Waals surface area contributed by atoms with Crippen molar-refractivity contribution in [1.29, 1.82) is 0 Å². The Morgan fingerprint density at radius 2 is 2.10 bits per heavy atom. The summed E-state index contributed by atoms with van der Waals surface area (Å²) in [5.74, 6) is 0.124. The highest BCUT2D eigenvalue weighted by atomic mass is 32.1. The number of ether oxygens (including phenoxy) is 1. The van der Waals surface area contributed by atoms with Crippen LogP contribution >= 0.6 is 11.3 Å². The van der Waals surface area contributed by atoms with Crippen molar-refractivity contribution < 1.29 is 18.7 Å². The molecule has 1 unspecified atom stereocenters. The zero-order valence-electron chi connectivity index (χ0n) is 16.9. The third-order valence-electron chi connectivity index (χ3n) is 5.60. The van der Waals surface area contributed by atoms with Crippen molar-refractivity contribution in [2.24, 2.45) is 10.9 Å². The molecule has 2 aliphatic rings. The first-order valence-corrected chi connectivity index (χ1v) is 10.9. The minimum atomic E-state index is -0.631. The lowest BCUT2D eigenvalue weighted by Gasteiger charge is -2.35. The minimum absolute atomic E-state index is 0.0493. The molecule has 3 heterocycles. The third-order valence-corrected chi connectivity index (χ3v) is 6.64. The largest absolute Gasteiger partial charge is 0.466 e. The summed E-state index contributed by atoms with van der Waals surface area (Å²) in [6, 6.07) is 7.82. The van der Waals surface area contributed by atoms with Crippen LogP contribution in [-0.2, 0) is 14.3 Å². The number of nitrogens with zero attached hydrogens (tertiary/aromatic N) is 1. The second kappa shape index (κ2) is 8.11. The van der Waals surface area contributed by atoms with E-state index in [1.54, 1.807) is 11.3 Å². The summed E-state index contributed by atoms with van der Waals surface area (Å²) in [7, 11) is 0. The predicted molar refractivity (Wildman–Crippen MR) is 112 cm³/mol. The van der Waals surface area contributed by atoms with E-state index in [0.29, 0.717) is 36.5 Å². The monoisotopic (exact) mass is 411 g/mol. The van der Waals surface area contributed by atoms with Gasteiger partial charge in [0.1, 0.15) is 17.4 Å². The number of thiophene rings is 1. The van der Waals surface area contributed by atoms with E-state index in [1.165, 1.54) is 4.88 Å². The SMILES string of the molecule is CCCOC(=O)C1C(C)=NC2=C(C(=O)C[C@H](c3cccs3)C2)[C@H]1c1ccc(C)o1. The number of Topliss-reactive ketones (excluding diaryl/α,β-unsaturated/α-hetero) is 1. The first-order chi connectivity index (χ1) is 14.0. The van der Waals surface area contributed by atoms with E-state index in [9.17, 15) is 9.59 Å². The van der Waals surface area contributed by atoms with E-state index in [0.717, 1.165) is 17.9 Å². The molecule has 152 valence electrons. The summed E-state index contributed by atoms with van der Waals surface area (Å²) in [6.45, 7) is 6.03. The third kappa shape index (κ3) is 3.73. The molecule has 2 aromatic heterocycles. The molecule has 0 saturated heterocycles. The van der Waals surface area contributed by atoms with Gasteiger partial charge in [0.2, 0.25) is 0 Å². The maximum absolute atomic E-state index is 13.3. The molecular formula is C23H25NO4S. The van der Waals surface area contributed by atoms with Gasteiger partial charge in [0.15, 0.2) is 5.78 Å². The molecule has 29 heavy (non-hydrogen) atoms. The first kappa shape index (κ1) is 19.8. The standard InChI is InChI=1S/C23H25NO4S/c1-4-9-27-23(26)20-14(3)24-16-11-15(19-6-5-10-29-19)12-17(25)21(16)22(20)18-8-7-13(2)28-18/h5-8,10,15,20,22H,4,9,11-12H2,1-3H3/t15-,20?,22+/m1/s1. The van der Waals surface area contributed by atoms with Gasteiger partial charge < -0.3 is 9.15 Å². The van der Waals surface area contributed by atoms with Gasteiger partial charge in [0, 0.05) is 34.2 Å². The fourth-order valence-corrected chi connectivity index (χ4v) is 5.14. The molecule has 1 aliphatic carbocycles. The van der Waals surface area contributed by atoms with Gasteiger partial charge >= 0.3 is 5.97 Å². The Kier molecular flexibility index (Phi) is 5.54. The van der Waals surface area contributed by atoms with Gasteiger partial charge in [-0.3, -0.25) is 14.6 Å². The van der Waals surface area contributed by atoms with Crippen LogP contribution in [0.5, 0.6) is 0 Å². The van der Waals surface area contributed by atoms with E-state index in [2.05, 4.69) is 6.07 Å². The topological polar surface area (TPSA) is 68.9 Å². The van der Waals surface area contributed by atoms with Crippen molar-refractivity contribution in [1.82, 2.24) is 0 Å². The number of hydrogen-bond donors (Lipinski definition) is 0. The van der Waals surface area contributed by atoms with E-state index in [4.69, 9.17) is 14.1 Å². The second-order valence-electron chi connectivity index (χ2n) is 7.73. The lowest BCUT2D eigenvalue weighted by Crippen LogP contribution is -2.38. The molecule has 0 saturated carbocycles. The van der Waals surface area contributed by atoms with Crippen LogP contribution in [0.3, 0.4) is 0 Å². The summed E-state index contributed by atoms with van der Waals surface area (Å²) < 4.78 is 11.4. The van der Waals surface area contributed by atoms with Gasteiger partial charge in [0.25, 0.3) is 0 Å². The normalized spacial score (nSPS) is 24.3. The Morgan fingerprint density at radius 3 is 2.76 bits per heavy atom. The summed E-state index contributed by atoms with van der Waals surface area (Å²) in [5.41, 5.74) is 2.09. The second-order valence-corrected chi connectivity index (χ2v) is 8.71. The molecule has 0 aromatic carbocycles. The lowest BCUT2D eigenvalue weighted by atomic mass is 9.71. The molecule has 2 aromatic rings. The summed E-state index contributed by atoms with van der Waals surface area (Å²) >= 11 is 1.67. The smallest absolute Gasteiger partial charge is 0.315 e. The van der Waals surface area contributed by atoms with Crippen LogP contribution in [0.15, 0.2) is 50.3 Å². The quantitative estimate of drug-likeness (QED) is 0.636. The zero-order valence-corrected chi connectivity index (χ0v) is 17.8. The summed E-state index contributed by atoms with van der Waals surface area (Å²) in [6.07, 6.45) is 1.88. The molecule has 3 atom stereocenters. The number of allylic oxidation sites excluding steroid dienone is 2. The molecule has 0 spiro atoms. The van der Waals surface area contributed by atoms with Crippen LogP contribution < -0.4 is 0 Å². The van der Waals surface area contributed by atoms with E-state index >= 15 is 0 Å². The molecule has 0 bridgehead atoms. The van der Waals surface area contributed by atoms with Gasteiger partial charge in [-0.15, -0.1) is 11.3 Å². The maximum Gasteiger partial charge on any atom is 0.315 e. The number of ketones is 1. The molecule has 4 rings (SSSR count). The van der Waals surface area contributed by atoms with Crippen LogP contribution in [-0.4, -0.2) is 24.1 Å². The minimum Gasteiger partial charge on any atom is -0.466 e. The molecule has 6 heteroatoms. The molecular weight excluding hydrogens is 386 g/mol. The van der Waals surface area contributed by atoms with Crippen molar-refractivity contribution in [3.05, 3.63) is 57.3 Å². The van der Waals surface area contributed by atoms with Crippen molar-refractivity contribution >= 4 is 28.8 Å². The molecule has 0 N–H and O–H groups in total. The number of carbonyl (C=O) groups is 2. The fourth-order valence-electron chi connectivity index (χ4n) is 4.31. The highest BCUT2D eigenvalue weighted by molar-refractivity contribution is 7.10. The van der Waals surface area contributed by atoms with Gasteiger partial charge in [-0.05, 0) is 50.3 Å². The maximum atomic E-state index is 13.3. The number of aryl methyl sites for hydroxylation is 1. The summed E-state index contributed by atoms with van der Waals surface area (Å²) in [4.78, 5) is 32.2. The van der Waals surface area contributed by atoms with Crippen LogP contribution in [0.2, 0.25) is 0 Å². The number of furan rings is 1. The number of rotatable bonds is 5. The molecule has 0 amide bonds. The van der Waals surface area contributed by atoms with E-state index < -0.39 is 11.8 Å². The molecule has 1 aliphatic heterocycles. The van der Waals surface area contributed by atoms with Crippen molar-refractivity contribution in [2.45, 2.75) is 51.9 Å². The van der Waals surface area contributed by atoms with Gasteiger partial charge in [-0.1, -0.05) is 13.0 Å². The zero-order chi connectivity index (χ0) is 20.5. The van der Waals surface area contributed by atoms with Crippen molar-refractivity contribution in [2.75, 3.05) is 6.61 Å². The van der Waals surface area contributed by atoms with Crippen molar-refractivity contribution in [3.8, 4) is 0 Å². The highest BCUT2D eigenvalue weighted by Crippen LogP contribution is 2.47. The Bertz CT molecular complexity index is 982. The van der Waals surface area contributed by atoms with Crippen LogP contribution in [0.4, 0.5) is 0 Å². The van der Waals surface area contributed by atoms with Crippen LogP contribution in [0, 0.1) is 12.8 Å². The van der Waals surface area contributed by atoms with E-state index in [1.807, 2.05) is 44.4 Å². The number of carbonyl (C=O) groups excluding carboxylic acids is 2. The van der Waals surface area contributed by atoms with Gasteiger partial charge in [0.05, 0.1) is 12.5 Å². The predicted octanol–water partition coefficient (Wildman–Crippen LogP) is 5.18. The number of hydrogen-bond acceptors (Lipinski definition) is 6. The first-order valence-electron chi connectivity index (χ1n) is 10.1. The highest BCUT2D eigenvalue weighted by Gasteiger charge is 2.46. The lowest BCUT2D eigenvalue weighted by molar-refractivity contribution is -0.146. The summed E-state index contributed by atoms with van der Waals surface area (Å²) in [5, 5.41) is 2.04. The molecule has 0 fully saturated rings. The fraction of sp³-hybridized carbons (Fsp3) is 0.435. The average Bonchev–Trinajstić information content (AvgIpc) is 3.36. The average molecular weight is 412 g/mol. The number of aliphatic imine (C=N–C) groups is 1. The number of esters is 1.